The van der Waals surface area contributed by atoms with Gasteiger partial charge in [0.15, 0.2) is 0 Å². The molecule has 5 heteroatoms. The fourth-order valence-electron chi connectivity index (χ4n) is 1.65. The second-order valence-corrected chi connectivity index (χ2v) is 4.92. The molecule has 0 fully saturated rings. The van der Waals surface area contributed by atoms with E-state index in [1.807, 2.05) is 18.9 Å². The number of methoxy groups -OCH3 is 1. The molecule has 0 saturated carbocycles. The van der Waals surface area contributed by atoms with Crippen molar-refractivity contribution < 1.29 is 9.13 Å². The summed E-state index contributed by atoms with van der Waals surface area (Å²) >= 11 is 4.87. The molecule has 18 heavy (non-hydrogen) atoms. The molecule has 1 aromatic rings. The Bertz CT molecular complexity index is 425. The Morgan fingerprint density at radius 3 is 2.72 bits per heavy atom. The van der Waals surface area contributed by atoms with Crippen molar-refractivity contribution in [3.63, 3.8) is 0 Å². The Morgan fingerprint density at radius 2 is 2.22 bits per heavy atom. The van der Waals surface area contributed by atoms with Crippen LogP contribution in [0.5, 0.6) is 5.75 Å². The molecule has 0 aromatic heterocycles. The Balaban J connectivity index is 2.69. The average Bonchev–Trinajstić information content (AvgIpc) is 2.30. The Kier molecular flexibility index (Phi) is 5.50. The van der Waals surface area contributed by atoms with E-state index in [-0.39, 0.29) is 11.9 Å². The predicted molar refractivity (Wildman–Crippen MR) is 75.3 cm³/mol. The first-order valence-corrected chi connectivity index (χ1v) is 6.15. The number of halogens is 1. The second kappa shape index (κ2) is 6.66. The number of hydrogen-bond donors (Lipinski definition) is 1. The summed E-state index contributed by atoms with van der Waals surface area (Å²) in [5, 5.41) is 0. The van der Waals surface area contributed by atoms with Crippen LogP contribution in [0.1, 0.15) is 18.9 Å². The van der Waals surface area contributed by atoms with Gasteiger partial charge in [-0.3, -0.25) is 4.90 Å². The van der Waals surface area contributed by atoms with Crippen LogP contribution in [0.15, 0.2) is 18.2 Å². The Morgan fingerprint density at radius 1 is 1.56 bits per heavy atom. The topological polar surface area (TPSA) is 38.5 Å². The predicted octanol–water partition coefficient (Wildman–Crippen LogP) is 2.33. The molecule has 0 aliphatic rings. The highest BCUT2D eigenvalue weighted by Crippen LogP contribution is 2.18. The highest BCUT2D eigenvalue weighted by Gasteiger charge is 2.13. The lowest BCUT2D eigenvalue weighted by Gasteiger charge is -2.24. The number of nitrogens with two attached hydrogens (primary N) is 1. The van der Waals surface area contributed by atoms with Crippen LogP contribution in [0.3, 0.4) is 0 Å². The summed E-state index contributed by atoms with van der Waals surface area (Å²) in [7, 11) is 3.44. The molecule has 0 saturated heterocycles. The smallest absolute Gasteiger partial charge is 0.131 e. The minimum absolute atomic E-state index is 0.184. The van der Waals surface area contributed by atoms with Gasteiger partial charge in [-0.1, -0.05) is 18.3 Å². The third-order valence-electron chi connectivity index (χ3n) is 2.93. The van der Waals surface area contributed by atoms with Crippen LogP contribution in [-0.4, -0.2) is 30.1 Å². The molecule has 0 bridgehead atoms. The van der Waals surface area contributed by atoms with Gasteiger partial charge in [0.1, 0.15) is 11.6 Å². The summed E-state index contributed by atoms with van der Waals surface area (Å²) in [6.45, 7) is 2.53. The molecule has 1 unspecified atom stereocenters. The van der Waals surface area contributed by atoms with Crippen molar-refractivity contribution in [1.82, 2.24) is 4.90 Å². The zero-order valence-electron chi connectivity index (χ0n) is 10.9. The molecule has 0 radical (unpaired) electrons. The largest absolute Gasteiger partial charge is 0.497 e. The minimum atomic E-state index is -0.260. The van der Waals surface area contributed by atoms with Crippen LogP contribution >= 0.6 is 12.2 Å². The maximum absolute atomic E-state index is 13.8. The maximum Gasteiger partial charge on any atom is 0.131 e. The molecule has 1 rings (SSSR count). The van der Waals surface area contributed by atoms with Gasteiger partial charge in [0.25, 0.3) is 0 Å². The second-order valence-electron chi connectivity index (χ2n) is 4.39. The van der Waals surface area contributed by atoms with Gasteiger partial charge in [0, 0.05) is 30.6 Å². The van der Waals surface area contributed by atoms with Crippen molar-refractivity contribution in [1.29, 1.82) is 0 Å². The lowest BCUT2D eigenvalue weighted by Crippen LogP contribution is -2.32. The van der Waals surface area contributed by atoms with Crippen LogP contribution in [0.25, 0.3) is 0 Å². The first-order chi connectivity index (χ1) is 8.43. The molecule has 2 N–H and O–H groups in total. The first kappa shape index (κ1) is 14.9. The van der Waals surface area contributed by atoms with Crippen molar-refractivity contribution in [2.24, 2.45) is 5.73 Å². The number of thiocarbonyl (C=S) groups is 1. The standard InChI is InChI=1S/C13H19FN2OS/c1-9(6-13(15)18)16(2)8-10-4-5-11(17-3)7-12(10)14/h4-5,7,9H,6,8H2,1-3H3,(H2,15,18). The van der Waals surface area contributed by atoms with E-state index < -0.39 is 0 Å². The van der Waals surface area contributed by atoms with Gasteiger partial charge in [-0.05, 0) is 20.0 Å². The molecule has 0 amide bonds. The SMILES string of the molecule is COc1ccc(CN(C)C(C)CC(N)=S)c(F)c1. The molecule has 1 atom stereocenters. The third-order valence-corrected chi connectivity index (χ3v) is 3.10. The van der Waals surface area contributed by atoms with E-state index in [1.54, 1.807) is 12.1 Å². The van der Waals surface area contributed by atoms with Gasteiger partial charge in [-0.2, -0.15) is 0 Å². The van der Waals surface area contributed by atoms with E-state index in [9.17, 15) is 4.39 Å². The monoisotopic (exact) mass is 270 g/mol. The van der Waals surface area contributed by atoms with Crippen molar-refractivity contribution in [3.8, 4) is 5.75 Å². The molecule has 3 nitrogen and oxygen atoms in total. The van der Waals surface area contributed by atoms with Crippen molar-refractivity contribution >= 4 is 17.2 Å². The summed E-state index contributed by atoms with van der Waals surface area (Å²) in [5.74, 6) is 0.263. The van der Waals surface area contributed by atoms with E-state index in [0.717, 1.165) is 0 Å². The van der Waals surface area contributed by atoms with Gasteiger partial charge < -0.3 is 10.5 Å². The van der Waals surface area contributed by atoms with Crippen LogP contribution < -0.4 is 10.5 Å². The molecule has 0 aliphatic heterocycles. The molecule has 0 heterocycles. The zero-order valence-corrected chi connectivity index (χ0v) is 11.8. The number of ether oxygens (including phenoxy) is 1. The lowest BCUT2D eigenvalue weighted by molar-refractivity contribution is 0.251. The average molecular weight is 270 g/mol. The highest BCUT2D eigenvalue weighted by molar-refractivity contribution is 7.80. The van der Waals surface area contributed by atoms with Gasteiger partial charge in [0.05, 0.1) is 12.1 Å². The molecule has 0 aliphatic carbocycles. The maximum atomic E-state index is 13.8. The number of benzene rings is 1. The molecular formula is C13H19FN2OS. The first-order valence-electron chi connectivity index (χ1n) is 5.75. The minimum Gasteiger partial charge on any atom is -0.497 e. The zero-order chi connectivity index (χ0) is 13.7. The number of nitrogens with zero attached hydrogens (tertiary/aromatic N) is 1. The van der Waals surface area contributed by atoms with Gasteiger partial charge >= 0.3 is 0 Å². The van der Waals surface area contributed by atoms with Gasteiger partial charge in [-0.15, -0.1) is 0 Å². The Hall–Kier alpha value is -1.20. The molecule has 100 valence electrons. The van der Waals surface area contributed by atoms with Crippen LogP contribution in [-0.2, 0) is 6.54 Å². The van der Waals surface area contributed by atoms with E-state index in [2.05, 4.69) is 0 Å². The normalized spacial score (nSPS) is 12.5. The van der Waals surface area contributed by atoms with Gasteiger partial charge in [0.2, 0.25) is 0 Å². The number of rotatable bonds is 6. The van der Waals surface area contributed by atoms with Crippen molar-refractivity contribution in [2.75, 3.05) is 14.2 Å². The third kappa shape index (κ3) is 4.23. The van der Waals surface area contributed by atoms with Crippen LogP contribution in [0, 0.1) is 5.82 Å². The van der Waals surface area contributed by atoms with E-state index >= 15 is 0 Å². The molecule has 0 spiro atoms. The fraction of sp³-hybridized carbons (Fsp3) is 0.462. The fourth-order valence-corrected chi connectivity index (χ4v) is 1.90. The molecular weight excluding hydrogens is 251 g/mol. The van der Waals surface area contributed by atoms with Gasteiger partial charge in [-0.25, -0.2) is 4.39 Å². The highest BCUT2D eigenvalue weighted by atomic mass is 32.1. The van der Waals surface area contributed by atoms with Crippen molar-refractivity contribution in [2.45, 2.75) is 25.9 Å². The van der Waals surface area contributed by atoms with E-state index in [0.29, 0.717) is 29.3 Å². The van der Waals surface area contributed by atoms with Crippen LogP contribution in [0.4, 0.5) is 4.39 Å². The summed E-state index contributed by atoms with van der Waals surface area (Å²) < 4.78 is 18.7. The van der Waals surface area contributed by atoms with Crippen LogP contribution in [0.2, 0.25) is 0 Å². The molecule has 1 aromatic carbocycles. The van der Waals surface area contributed by atoms with E-state index in [4.69, 9.17) is 22.7 Å². The quantitative estimate of drug-likeness (QED) is 0.805. The summed E-state index contributed by atoms with van der Waals surface area (Å²) in [6, 6.07) is 5.06. The summed E-state index contributed by atoms with van der Waals surface area (Å²) in [4.78, 5) is 2.49. The van der Waals surface area contributed by atoms with E-state index in [1.165, 1.54) is 13.2 Å². The van der Waals surface area contributed by atoms with Crippen molar-refractivity contribution in [3.05, 3.63) is 29.6 Å². The Labute approximate surface area is 113 Å². The number of hydrogen-bond acceptors (Lipinski definition) is 3. The summed E-state index contributed by atoms with van der Waals surface area (Å²) in [5.41, 5.74) is 6.14. The lowest BCUT2D eigenvalue weighted by atomic mass is 10.1. The summed E-state index contributed by atoms with van der Waals surface area (Å²) in [6.07, 6.45) is 0.629.